The van der Waals surface area contributed by atoms with Gasteiger partial charge in [-0.3, -0.25) is 0 Å². The molecule has 9 heteroatoms. The number of carbonyl (C=O) groups excluding carboxylic acids is 3. The first kappa shape index (κ1) is 21.2. The van der Waals surface area contributed by atoms with Crippen molar-refractivity contribution in [2.75, 3.05) is 20.3 Å². The summed E-state index contributed by atoms with van der Waals surface area (Å²) in [5, 5.41) is 15.6. The fraction of sp³-hybridized carbons (Fsp3) is 0.357. The van der Waals surface area contributed by atoms with Crippen molar-refractivity contribution in [1.29, 1.82) is 0 Å². The van der Waals surface area contributed by atoms with E-state index in [4.69, 9.17) is 4.74 Å². The van der Waals surface area contributed by atoms with Crippen LogP contribution in [0.3, 0.4) is 0 Å². The Morgan fingerprint density at radius 3 is 2.39 bits per heavy atom. The number of amides is 2. The number of hydrogen-bond acceptors (Lipinski definition) is 6. The first-order chi connectivity index (χ1) is 10.5. The Morgan fingerprint density at radius 1 is 1.17 bits per heavy atom. The van der Waals surface area contributed by atoms with Crippen molar-refractivity contribution >= 4 is 18.2 Å². The Bertz CT molecular complexity index is 511. The van der Waals surface area contributed by atoms with E-state index < -0.39 is 24.2 Å². The molecule has 8 nitrogen and oxygen atoms in total. The number of benzene rings is 1. The number of carboxylic acids is 1. The third kappa shape index (κ3) is 9.07. The van der Waals surface area contributed by atoms with Crippen molar-refractivity contribution in [2.24, 2.45) is 0 Å². The Hall–Kier alpha value is -1.77. The van der Waals surface area contributed by atoms with Crippen LogP contribution in [0.15, 0.2) is 30.3 Å². The minimum atomic E-state index is -1.41. The summed E-state index contributed by atoms with van der Waals surface area (Å²) >= 11 is 0. The molecule has 0 bridgehead atoms. The van der Waals surface area contributed by atoms with Crippen LogP contribution in [0.4, 0.5) is 9.59 Å². The van der Waals surface area contributed by atoms with E-state index in [1.807, 2.05) is 0 Å². The zero-order chi connectivity index (χ0) is 16.4. The summed E-state index contributed by atoms with van der Waals surface area (Å²) < 4.78 is 9.07. The fourth-order valence-electron chi connectivity index (χ4n) is 1.60. The molecule has 2 amide bonds. The number of alkyl carbamates (subject to hydrolysis) is 2. The summed E-state index contributed by atoms with van der Waals surface area (Å²) in [5.74, 6) is -1.41. The molecular formula is C14H17N2NaO6. The molecular weight excluding hydrogens is 315 g/mol. The molecule has 0 saturated heterocycles. The van der Waals surface area contributed by atoms with Gasteiger partial charge >= 0.3 is 41.7 Å². The first-order valence-electron chi connectivity index (χ1n) is 6.53. The minimum Gasteiger partial charge on any atom is -0.548 e. The SMILES string of the molecule is COC(=O)NCCOC(=O)NC(Cc1ccccc1)C(=O)[O-].[Na+]. The van der Waals surface area contributed by atoms with Gasteiger partial charge in [-0.15, -0.1) is 0 Å². The molecule has 23 heavy (non-hydrogen) atoms. The van der Waals surface area contributed by atoms with Crippen LogP contribution in [0.5, 0.6) is 0 Å². The van der Waals surface area contributed by atoms with Crippen molar-refractivity contribution in [1.82, 2.24) is 10.6 Å². The molecule has 1 unspecified atom stereocenters. The number of hydrogen-bond donors (Lipinski definition) is 2. The average molecular weight is 332 g/mol. The van der Waals surface area contributed by atoms with Gasteiger partial charge in [0, 0.05) is 0 Å². The number of rotatable bonds is 7. The van der Waals surface area contributed by atoms with Crippen molar-refractivity contribution in [3.63, 3.8) is 0 Å². The number of aliphatic carboxylic acids is 1. The monoisotopic (exact) mass is 332 g/mol. The topological polar surface area (TPSA) is 117 Å². The predicted octanol–water partition coefficient (Wildman–Crippen LogP) is -3.57. The summed E-state index contributed by atoms with van der Waals surface area (Å²) in [6, 6.07) is 7.60. The molecule has 1 rings (SSSR count). The molecule has 0 aliphatic carbocycles. The number of ether oxygens (including phenoxy) is 2. The molecule has 0 aromatic heterocycles. The van der Waals surface area contributed by atoms with Gasteiger partial charge in [0.05, 0.1) is 25.7 Å². The second-order valence-corrected chi connectivity index (χ2v) is 4.26. The molecule has 1 aromatic carbocycles. The molecule has 1 aromatic rings. The van der Waals surface area contributed by atoms with E-state index in [0.717, 1.165) is 5.56 Å². The molecule has 0 aliphatic rings. The van der Waals surface area contributed by atoms with E-state index in [0.29, 0.717) is 0 Å². The van der Waals surface area contributed by atoms with E-state index in [1.54, 1.807) is 30.3 Å². The largest absolute Gasteiger partial charge is 1.00 e. The Labute approximate surface area is 155 Å². The van der Waals surface area contributed by atoms with Crippen LogP contribution in [-0.4, -0.2) is 44.5 Å². The number of methoxy groups -OCH3 is 1. The number of carboxylic acid groups (broad SMARTS) is 1. The van der Waals surface area contributed by atoms with Crippen LogP contribution < -0.4 is 45.3 Å². The van der Waals surface area contributed by atoms with Crippen LogP contribution in [-0.2, 0) is 20.7 Å². The minimum absolute atomic E-state index is 0. The molecule has 0 radical (unpaired) electrons. The van der Waals surface area contributed by atoms with Crippen LogP contribution in [0.1, 0.15) is 5.56 Å². The predicted molar refractivity (Wildman–Crippen MR) is 73.8 cm³/mol. The van der Waals surface area contributed by atoms with Crippen molar-refractivity contribution < 1.29 is 58.5 Å². The summed E-state index contributed by atoms with van der Waals surface area (Å²) in [6.45, 7) is -0.0686. The average Bonchev–Trinajstić information content (AvgIpc) is 2.51. The Morgan fingerprint density at radius 2 is 1.83 bits per heavy atom. The molecule has 0 aliphatic heterocycles. The summed E-state index contributed by atoms with van der Waals surface area (Å²) in [4.78, 5) is 33.3. The molecule has 1 atom stereocenters. The summed E-state index contributed by atoms with van der Waals surface area (Å²) in [5.41, 5.74) is 0.740. The fourth-order valence-corrected chi connectivity index (χ4v) is 1.60. The van der Waals surface area contributed by atoms with Gasteiger partial charge in [0.1, 0.15) is 6.61 Å². The smallest absolute Gasteiger partial charge is 0.548 e. The molecule has 0 heterocycles. The third-order valence-electron chi connectivity index (χ3n) is 2.65. The van der Waals surface area contributed by atoms with E-state index in [-0.39, 0.29) is 49.1 Å². The van der Waals surface area contributed by atoms with E-state index in [1.165, 1.54) is 7.11 Å². The Balaban J connectivity index is 0.00000484. The van der Waals surface area contributed by atoms with Gasteiger partial charge in [-0.1, -0.05) is 30.3 Å². The molecule has 0 spiro atoms. The Kier molecular flexibility index (Phi) is 10.8. The van der Waals surface area contributed by atoms with Crippen molar-refractivity contribution in [2.45, 2.75) is 12.5 Å². The van der Waals surface area contributed by atoms with Gasteiger partial charge in [-0.05, 0) is 12.0 Å². The zero-order valence-electron chi connectivity index (χ0n) is 13.0. The number of nitrogens with one attached hydrogen (secondary N) is 2. The molecule has 0 fully saturated rings. The molecule has 0 saturated carbocycles. The van der Waals surface area contributed by atoms with Gasteiger partial charge in [0.2, 0.25) is 0 Å². The summed E-state index contributed by atoms with van der Waals surface area (Å²) in [6.07, 6.45) is -1.48. The van der Waals surface area contributed by atoms with Crippen LogP contribution in [0, 0.1) is 0 Å². The summed E-state index contributed by atoms with van der Waals surface area (Å²) in [7, 11) is 1.21. The quantitative estimate of drug-likeness (QED) is 0.394. The molecule has 2 N–H and O–H groups in total. The standard InChI is InChI=1S/C14H18N2O6.Na/c1-21-13(19)15-7-8-22-14(20)16-11(12(17)18)9-10-5-3-2-4-6-10;/h2-6,11H,7-9H2,1H3,(H,15,19)(H,16,20)(H,17,18);/q;+1/p-1. The van der Waals surface area contributed by atoms with Crippen LogP contribution in [0.2, 0.25) is 0 Å². The van der Waals surface area contributed by atoms with E-state index >= 15 is 0 Å². The number of carbonyl (C=O) groups is 3. The van der Waals surface area contributed by atoms with Gasteiger partial charge in [0.15, 0.2) is 0 Å². The maximum atomic E-state index is 11.5. The van der Waals surface area contributed by atoms with Crippen molar-refractivity contribution in [3.05, 3.63) is 35.9 Å². The van der Waals surface area contributed by atoms with E-state index in [2.05, 4.69) is 15.4 Å². The third-order valence-corrected chi connectivity index (χ3v) is 2.65. The maximum absolute atomic E-state index is 11.5. The molecule has 120 valence electrons. The van der Waals surface area contributed by atoms with E-state index in [9.17, 15) is 19.5 Å². The second kappa shape index (κ2) is 11.8. The van der Waals surface area contributed by atoms with Crippen LogP contribution in [0.25, 0.3) is 0 Å². The normalized spacial score (nSPS) is 10.7. The van der Waals surface area contributed by atoms with Crippen LogP contribution >= 0.6 is 0 Å². The maximum Gasteiger partial charge on any atom is 1.00 e. The van der Waals surface area contributed by atoms with Gasteiger partial charge in [-0.25, -0.2) is 9.59 Å². The van der Waals surface area contributed by atoms with Gasteiger partial charge < -0.3 is 30.0 Å². The second-order valence-electron chi connectivity index (χ2n) is 4.26. The zero-order valence-corrected chi connectivity index (χ0v) is 15.0. The first-order valence-corrected chi connectivity index (χ1v) is 6.53. The van der Waals surface area contributed by atoms with Gasteiger partial charge in [0.25, 0.3) is 0 Å². The van der Waals surface area contributed by atoms with Gasteiger partial charge in [-0.2, -0.15) is 0 Å². The van der Waals surface area contributed by atoms with Crippen molar-refractivity contribution in [3.8, 4) is 0 Å².